The summed E-state index contributed by atoms with van der Waals surface area (Å²) in [7, 11) is 1.32. The van der Waals surface area contributed by atoms with Crippen LogP contribution in [0.3, 0.4) is 0 Å². The van der Waals surface area contributed by atoms with Crippen molar-refractivity contribution in [2.75, 3.05) is 12.8 Å². The molecule has 5 rings (SSSR count). The lowest BCUT2D eigenvalue weighted by Crippen LogP contribution is -2.32. The van der Waals surface area contributed by atoms with Crippen LogP contribution in [-0.4, -0.2) is 39.0 Å². The molecule has 8 nitrogen and oxygen atoms in total. The first-order chi connectivity index (χ1) is 16.3. The molecular formula is C24H21F2N5O3. The maximum absolute atomic E-state index is 15.2. The molecule has 0 atom stereocenters. The molecule has 0 unspecified atom stereocenters. The largest absolute Gasteiger partial charge is 0.493 e. The zero-order valence-corrected chi connectivity index (χ0v) is 18.1. The Morgan fingerprint density at radius 1 is 1.18 bits per heavy atom. The Morgan fingerprint density at radius 2 is 1.91 bits per heavy atom. The van der Waals surface area contributed by atoms with Crippen molar-refractivity contribution in [1.82, 2.24) is 14.8 Å². The fourth-order valence-corrected chi connectivity index (χ4v) is 4.32. The van der Waals surface area contributed by atoms with Gasteiger partial charge in [0.05, 0.1) is 24.8 Å². The van der Waals surface area contributed by atoms with E-state index in [1.165, 1.54) is 30.0 Å². The number of carbonyl (C=O) groups excluding carboxylic acids is 1. The molecule has 0 aliphatic heterocycles. The van der Waals surface area contributed by atoms with Gasteiger partial charge in [0.15, 0.2) is 11.6 Å². The third-order valence-corrected chi connectivity index (χ3v) is 6.12. The summed E-state index contributed by atoms with van der Waals surface area (Å²) < 4.78 is 36.4. The number of aliphatic hydroxyl groups is 1. The predicted molar refractivity (Wildman–Crippen MR) is 122 cm³/mol. The summed E-state index contributed by atoms with van der Waals surface area (Å²) in [4.78, 5) is 16.6. The highest BCUT2D eigenvalue weighted by atomic mass is 19.1. The van der Waals surface area contributed by atoms with Crippen molar-refractivity contribution < 1.29 is 23.4 Å². The van der Waals surface area contributed by atoms with Crippen LogP contribution in [-0.2, 0) is 0 Å². The van der Waals surface area contributed by atoms with E-state index in [4.69, 9.17) is 16.2 Å². The molecule has 2 aromatic heterocycles. The minimum Gasteiger partial charge on any atom is -0.493 e. The fourth-order valence-electron chi connectivity index (χ4n) is 4.32. The first-order valence-corrected chi connectivity index (χ1v) is 10.6. The van der Waals surface area contributed by atoms with Crippen molar-refractivity contribution >= 4 is 22.6 Å². The maximum Gasteiger partial charge on any atom is 0.254 e. The zero-order valence-electron chi connectivity index (χ0n) is 18.1. The number of nitrogens with two attached hydrogens (primary N) is 2. The van der Waals surface area contributed by atoms with Gasteiger partial charge in [0.2, 0.25) is 0 Å². The normalized spacial score (nSPS) is 17.5. The minimum atomic E-state index is -0.789. The summed E-state index contributed by atoms with van der Waals surface area (Å²) in [6.07, 6.45) is 0.481. The Balaban J connectivity index is 1.71. The van der Waals surface area contributed by atoms with E-state index in [1.54, 1.807) is 24.3 Å². The fraction of sp³-hybridized carbons (Fsp3) is 0.208. The number of hydrogen-bond acceptors (Lipinski definition) is 6. The molecule has 5 N–H and O–H groups in total. The summed E-state index contributed by atoms with van der Waals surface area (Å²) in [6.45, 7) is 0. The summed E-state index contributed by atoms with van der Waals surface area (Å²) in [5.41, 5.74) is 12.6. The van der Waals surface area contributed by atoms with Crippen LogP contribution >= 0.6 is 0 Å². The molecule has 0 spiro atoms. The molecule has 2 aromatic carbocycles. The Labute approximate surface area is 192 Å². The highest BCUT2D eigenvalue weighted by molar-refractivity contribution is 6.04. The number of nitrogens with zero attached hydrogens (tertiary/aromatic N) is 3. The Morgan fingerprint density at radius 3 is 2.56 bits per heavy atom. The average Bonchev–Trinajstić information content (AvgIpc) is 3.13. The minimum absolute atomic E-state index is 0.0134. The van der Waals surface area contributed by atoms with Crippen LogP contribution in [0.4, 0.5) is 14.6 Å². The lowest BCUT2D eigenvalue weighted by Gasteiger charge is -2.32. The van der Waals surface area contributed by atoms with Crippen LogP contribution in [0.1, 0.15) is 29.2 Å². The number of hydrogen-bond donors (Lipinski definition) is 3. The predicted octanol–water partition coefficient (Wildman–Crippen LogP) is 3.43. The van der Waals surface area contributed by atoms with Crippen molar-refractivity contribution in [1.29, 1.82) is 0 Å². The quantitative estimate of drug-likeness (QED) is 0.414. The number of fused-ring (bicyclic) bond motifs is 1. The van der Waals surface area contributed by atoms with Gasteiger partial charge in [-0.2, -0.15) is 5.10 Å². The number of aliphatic hydroxyl groups excluding tert-OH is 1. The Kier molecular flexibility index (Phi) is 5.17. The molecule has 1 amide bonds. The second kappa shape index (κ2) is 8.07. The van der Waals surface area contributed by atoms with E-state index in [2.05, 4.69) is 10.1 Å². The van der Waals surface area contributed by atoms with E-state index in [0.29, 0.717) is 29.3 Å². The van der Waals surface area contributed by atoms with Crippen molar-refractivity contribution in [3.05, 3.63) is 59.7 Å². The Hall–Kier alpha value is -4.05. The molecule has 2 heterocycles. The number of aromatic nitrogens is 3. The smallest absolute Gasteiger partial charge is 0.254 e. The summed E-state index contributed by atoms with van der Waals surface area (Å²) >= 11 is 0. The standard InChI is InChI=1S/C24H21F2N5O3/c1-34-22-15-7-6-11(8-17(15)29-21(19(22)26)14-4-2-3-5-16(14)25)20-18(24(28)33)23(27)31(30-20)12-9-13(32)10-12/h2-8,12-13,32H,9-10,27H2,1H3,(H2,28,33). The van der Waals surface area contributed by atoms with Crippen molar-refractivity contribution in [3.8, 4) is 28.3 Å². The summed E-state index contributed by atoms with van der Waals surface area (Å²) in [6, 6.07) is 10.4. The van der Waals surface area contributed by atoms with Crippen LogP contribution < -0.4 is 16.2 Å². The van der Waals surface area contributed by atoms with E-state index in [0.717, 1.165) is 0 Å². The van der Waals surface area contributed by atoms with E-state index in [-0.39, 0.29) is 40.1 Å². The highest BCUT2D eigenvalue weighted by Crippen LogP contribution is 2.40. The molecule has 1 aliphatic carbocycles. The molecule has 10 heteroatoms. The molecule has 4 aromatic rings. The van der Waals surface area contributed by atoms with Crippen LogP contribution in [0, 0.1) is 11.6 Å². The Bertz CT molecular complexity index is 1450. The lowest BCUT2D eigenvalue weighted by atomic mass is 9.90. The topological polar surface area (TPSA) is 129 Å². The first kappa shape index (κ1) is 21.8. The van der Waals surface area contributed by atoms with Crippen molar-refractivity contribution in [2.24, 2.45) is 5.73 Å². The SMILES string of the molecule is COc1c(F)c(-c2ccccc2F)nc2cc(-c3nn(C4CC(O)C4)c(N)c3C(N)=O)ccc12. The second-order valence-corrected chi connectivity index (χ2v) is 8.22. The summed E-state index contributed by atoms with van der Waals surface area (Å²) in [5, 5.41) is 14.5. The van der Waals surface area contributed by atoms with E-state index in [9.17, 15) is 14.3 Å². The van der Waals surface area contributed by atoms with Crippen LogP contribution in [0.15, 0.2) is 42.5 Å². The number of benzene rings is 2. The molecule has 174 valence electrons. The van der Waals surface area contributed by atoms with Gasteiger partial charge in [-0.3, -0.25) is 4.79 Å². The molecule has 1 aliphatic rings. The van der Waals surface area contributed by atoms with Gasteiger partial charge in [0.1, 0.15) is 28.6 Å². The van der Waals surface area contributed by atoms with Gasteiger partial charge in [-0.05, 0) is 37.1 Å². The van der Waals surface area contributed by atoms with Crippen molar-refractivity contribution in [2.45, 2.75) is 25.0 Å². The number of halogens is 2. The number of pyridine rings is 1. The zero-order chi connectivity index (χ0) is 24.1. The number of ether oxygens (including phenoxy) is 1. The molecule has 0 bridgehead atoms. The molecule has 34 heavy (non-hydrogen) atoms. The number of anilines is 1. The molecule has 1 fully saturated rings. The van der Waals surface area contributed by atoms with Crippen LogP contribution in [0.25, 0.3) is 33.4 Å². The number of methoxy groups -OCH3 is 1. The first-order valence-electron chi connectivity index (χ1n) is 10.6. The van der Waals surface area contributed by atoms with E-state index >= 15 is 4.39 Å². The average molecular weight is 465 g/mol. The highest BCUT2D eigenvalue weighted by Gasteiger charge is 2.33. The number of primary amides is 1. The number of amides is 1. The number of carbonyl (C=O) groups is 1. The van der Waals surface area contributed by atoms with E-state index < -0.39 is 23.6 Å². The van der Waals surface area contributed by atoms with Gasteiger partial charge < -0.3 is 21.3 Å². The van der Waals surface area contributed by atoms with Gasteiger partial charge in [-0.25, -0.2) is 18.4 Å². The van der Waals surface area contributed by atoms with Gasteiger partial charge in [0, 0.05) is 16.5 Å². The third kappa shape index (κ3) is 3.34. The van der Waals surface area contributed by atoms with Gasteiger partial charge in [0.25, 0.3) is 5.91 Å². The maximum atomic E-state index is 15.2. The van der Waals surface area contributed by atoms with Crippen LogP contribution in [0.5, 0.6) is 5.75 Å². The van der Waals surface area contributed by atoms with Crippen molar-refractivity contribution in [3.63, 3.8) is 0 Å². The molecule has 0 radical (unpaired) electrons. The van der Waals surface area contributed by atoms with Gasteiger partial charge >= 0.3 is 0 Å². The lowest BCUT2D eigenvalue weighted by molar-refractivity contribution is 0.0445. The molecular weight excluding hydrogens is 444 g/mol. The summed E-state index contributed by atoms with van der Waals surface area (Å²) in [5.74, 6) is -2.15. The molecule has 1 saturated carbocycles. The van der Waals surface area contributed by atoms with Gasteiger partial charge in [-0.15, -0.1) is 0 Å². The monoisotopic (exact) mass is 465 g/mol. The second-order valence-electron chi connectivity index (χ2n) is 8.22. The third-order valence-electron chi connectivity index (χ3n) is 6.12. The van der Waals surface area contributed by atoms with Crippen LogP contribution in [0.2, 0.25) is 0 Å². The number of rotatable bonds is 5. The molecule has 0 saturated heterocycles. The number of nitrogen functional groups attached to an aromatic ring is 1. The van der Waals surface area contributed by atoms with Gasteiger partial charge in [-0.1, -0.05) is 18.2 Å². The van der Waals surface area contributed by atoms with E-state index in [1.807, 2.05) is 0 Å².